The molecule has 2 nitrogen and oxygen atoms in total. The SMILES string of the molecule is CC(C#N)(Cc1cccnc1)c1cccc2ccccc12. The summed E-state index contributed by atoms with van der Waals surface area (Å²) in [6.45, 7) is 2.00. The van der Waals surface area contributed by atoms with E-state index in [-0.39, 0.29) is 0 Å². The highest BCUT2D eigenvalue weighted by Gasteiger charge is 2.28. The molecular formula is C19H16N2. The molecule has 0 aliphatic rings. The maximum Gasteiger partial charge on any atom is 0.0841 e. The Balaban J connectivity index is 2.12. The summed E-state index contributed by atoms with van der Waals surface area (Å²) in [6, 6.07) is 20.8. The van der Waals surface area contributed by atoms with Crippen LogP contribution in [0.2, 0.25) is 0 Å². The lowest BCUT2D eigenvalue weighted by atomic mass is 9.77. The Morgan fingerprint density at radius 1 is 1.05 bits per heavy atom. The van der Waals surface area contributed by atoms with Gasteiger partial charge in [-0.1, -0.05) is 48.5 Å². The van der Waals surface area contributed by atoms with Gasteiger partial charge in [0.1, 0.15) is 0 Å². The van der Waals surface area contributed by atoms with E-state index in [9.17, 15) is 5.26 Å². The largest absolute Gasteiger partial charge is 0.264 e. The van der Waals surface area contributed by atoms with Gasteiger partial charge in [-0.3, -0.25) is 4.98 Å². The molecule has 1 heterocycles. The molecule has 0 bridgehead atoms. The second kappa shape index (κ2) is 5.38. The first-order valence-electron chi connectivity index (χ1n) is 7.01. The van der Waals surface area contributed by atoms with Crippen LogP contribution in [0.15, 0.2) is 67.0 Å². The second-order valence-corrected chi connectivity index (χ2v) is 5.51. The lowest BCUT2D eigenvalue weighted by Crippen LogP contribution is -2.23. The van der Waals surface area contributed by atoms with Crippen LogP contribution in [-0.4, -0.2) is 4.98 Å². The Kier molecular flexibility index (Phi) is 3.41. The minimum absolute atomic E-state index is 0.566. The number of pyridine rings is 1. The monoisotopic (exact) mass is 272 g/mol. The fourth-order valence-electron chi connectivity index (χ4n) is 2.81. The summed E-state index contributed by atoms with van der Waals surface area (Å²) in [5.41, 5.74) is 1.59. The Labute approximate surface area is 124 Å². The van der Waals surface area contributed by atoms with Crippen molar-refractivity contribution in [1.82, 2.24) is 4.98 Å². The molecule has 3 rings (SSSR count). The predicted molar refractivity (Wildman–Crippen MR) is 84.9 cm³/mol. The van der Waals surface area contributed by atoms with E-state index < -0.39 is 5.41 Å². The van der Waals surface area contributed by atoms with E-state index in [2.05, 4.69) is 35.3 Å². The molecule has 0 radical (unpaired) electrons. The highest BCUT2D eigenvalue weighted by molar-refractivity contribution is 5.87. The van der Waals surface area contributed by atoms with Crippen molar-refractivity contribution >= 4 is 10.8 Å². The molecule has 0 spiro atoms. The van der Waals surface area contributed by atoms with Gasteiger partial charge in [0, 0.05) is 12.4 Å². The third-order valence-corrected chi connectivity index (χ3v) is 3.91. The van der Waals surface area contributed by atoms with E-state index in [1.54, 1.807) is 6.20 Å². The van der Waals surface area contributed by atoms with Gasteiger partial charge in [0.05, 0.1) is 11.5 Å². The number of fused-ring (bicyclic) bond motifs is 1. The minimum Gasteiger partial charge on any atom is -0.264 e. The maximum absolute atomic E-state index is 9.79. The maximum atomic E-state index is 9.79. The molecule has 102 valence electrons. The van der Waals surface area contributed by atoms with Crippen molar-refractivity contribution < 1.29 is 0 Å². The van der Waals surface area contributed by atoms with Crippen LogP contribution < -0.4 is 0 Å². The molecule has 0 N–H and O–H groups in total. The van der Waals surface area contributed by atoms with Crippen LogP contribution >= 0.6 is 0 Å². The molecular weight excluding hydrogens is 256 g/mol. The van der Waals surface area contributed by atoms with Crippen molar-refractivity contribution in [1.29, 1.82) is 5.26 Å². The second-order valence-electron chi connectivity index (χ2n) is 5.51. The summed E-state index contributed by atoms with van der Waals surface area (Å²) in [7, 11) is 0. The molecule has 2 aromatic carbocycles. The summed E-state index contributed by atoms with van der Waals surface area (Å²) in [6.07, 6.45) is 4.25. The molecule has 21 heavy (non-hydrogen) atoms. The van der Waals surface area contributed by atoms with Gasteiger partial charge >= 0.3 is 0 Å². The number of hydrogen-bond donors (Lipinski definition) is 0. The van der Waals surface area contributed by atoms with Gasteiger partial charge in [-0.15, -0.1) is 0 Å². The molecule has 1 unspecified atom stereocenters. The van der Waals surface area contributed by atoms with E-state index in [1.165, 1.54) is 5.39 Å². The van der Waals surface area contributed by atoms with Gasteiger partial charge in [0.25, 0.3) is 0 Å². The van der Waals surface area contributed by atoms with Crippen molar-refractivity contribution in [3.63, 3.8) is 0 Å². The molecule has 2 heteroatoms. The summed E-state index contributed by atoms with van der Waals surface area (Å²) < 4.78 is 0. The molecule has 0 aliphatic carbocycles. The van der Waals surface area contributed by atoms with Gasteiger partial charge in [-0.25, -0.2) is 0 Å². The summed E-state index contributed by atoms with van der Waals surface area (Å²) in [4.78, 5) is 4.15. The van der Waals surface area contributed by atoms with E-state index in [0.29, 0.717) is 6.42 Å². The van der Waals surface area contributed by atoms with Gasteiger partial charge < -0.3 is 0 Å². The first-order valence-corrected chi connectivity index (χ1v) is 7.01. The normalized spacial score (nSPS) is 13.5. The average molecular weight is 272 g/mol. The molecule has 1 atom stereocenters. The van der Waals surface area contributed by atoms with Crippen molar-refractivity contribution in [2.45, 2.75) is 18.8 Å². The third-order valence-electron chi connectivity index (χ3n) is 3.91. The predicted octanol–water partition coefficient (Wildman–Crippen LogP) is 4.26. The van der Waals surface area contributed by atoms with E-state index in [0.717, 1.165) is 16.5 Å². The van der Waals surface area contributed by atoms with Crippen LogP contribution in [0, 0.1) is 11.3 Å². The standard InChI is InChI=1S/C19H16N2/c1-19(14-20,12-15-6-5-11-21-13-15)18-10-4-8-16-7-2-3-9-17(16)18/h2-11,13H,12H2,1H3. The van der Waals surface area contributed by atoms with Gasteiger partial charge in [0.2, 0.25) is 0 Å². The van der Waals surface area contributed by atoms with Crippen molar-refractivity contribution in [3.05, 3.63) is 78.1 Å². The number of hydrogen-bond acceptors (Lipinski definition) is 2. The lowest BCUT2D eigenvalue weighted by molar-refractivity contribution is 0.610. The van der Waals surface area contributed by atoms with E-state index >= 15 is 0 Å². The van der Waals surface area contributed by atoms with Crippen LogP contribution in [0.1, 0.15) is 18.1 Å². The van der Waals surface area contributed by atoms with Crippen LogP contribution in [0.5, 0.6) is 0 Å². The third kappa shape index (κ3) is 2.51. The first kappa shape index (κ1) is 13.3. The number of rotatable bonds is 3. The molecule has 0 aliphatic heterocycles. The Morgan fingerprint density at radius 2 is 1.86 bits per heavy atom. The molecule has 1 aromatic heterocycles. The Morgan fingerprint density at radius 3 is 2.62 bits per heavy atom. The molecule has 0 fully saturated rings. The van der Waals surface area contributed by atoms with Crippen molar-refractivity contribution in [2.75, 3.05) is 0 Å². The van der Waals surface area contributed by atoms with Crippen LogP contribution in [0.3, 0.4) is 0 Å². The topological polar surface area (TPSA) is 36.7 Å². The van der Waals surface area contributed by atoms with Crippen molar-refractivity contribution in [2.24, 2.45) is 0 Å². The number of aromatic nitrogens is 1. The smallest absolute Gasteiger partial charge is 0.0841 e. The zero-order chi connectivity index (χ0) is 14.7. The van der Waals surface area contributed by atoms with Gasteiger partial charge in [-0.05, 0) is 41.3 Å². The molecule has 0 saturated heterocycles. The highest BCUT2D eigenvalue weighted by Crippen LogP contribution is 2.33. The Bertz CT molecular complexity index is 797. The van der Waals surface area contributed by atoms with Gasteiger partial charge in [0.15, 0.2) is 0 Å². The number of nitriles is 1. The molecule has 0 saturated carbocycles. The summed E-state index contributed by atoms with van der Waals surface area (Å²) in [5, 5.41) is 12.1. The first-order chi connectivity index (χ1) is 10.2. The zero-order valence-electron chi connectivity index (χ0n) is 12.0. The highest BCUT2D eigenvalue weighted by atomic mass is 14.6. The Hall–Kier alpha value is -2.66. The average Bonchev–Trinajstić information content (AvgIpc) is 2.55. The lowest BCUT2D eigenvalue weighted by Gasteiger charge is -2.24. The minimum atomic E-state index is -0.566. The van der Waals surface area contributed by atoms with Crippen LogP contribution in [0.25, 0.3) is 10.8 Å². The fourth-order valence-corrected chi connectivity index (χ4v) is 2.81. The van der Waals surface area contributed by atoms with Crippen LogP contribution in [-0.2, 0) is 11.8 Å². The van der Waals surface area contributed by atoms with Crippen molar-refractivity contribution in [3.8, 4) is 6.07 Å². The zero-order valence-corrected chi connectivity index (χ0v) is 12.0. The number of nitrogens with zero attached hydrogens (tertiary/aromatic N) is 2. The van der Waals surface area contributed by atoms with E-state index in [1.807, 2.05) is 43.5 Å². The van der Waals surface area contributed by atoms with Gasteiger partial charge in [-0.2, -0.15) is 5.26 Å². The number of benzene rings is 2. The summed E-state index contributed by atoms with van der Waals surface area (Å²) >= 11 is 0. The summed E-state index contributed by atoms with van der Waals surface area (Å²) in [5.74, 6) is 0. The fraction of sp³-hybridized carbons (Fsp3) is 0.158. The van der Waals surface area contributed by atoms with Crippen LogP contribution in [0.4, 0.5) is 0 Å². The quantitative estimate of drug-likeness (QED) is 0.714. The molecule has 3 aromatic rings. The van der Waals surface area contributed by atoms with E-state index in [4.69, 9.17) is 0 Å². The molecule has 0 amide bonds.